The summed E-state index contributed by atoms with van der Waals surface area (Å²) in [4.78, 5) is 11.3. The smallest absolute Gasteiger partial charge is 0.165 e. The third-order valence-corrected chi connectivity index (χ3v) is 5.25. The molecular formula is C20H29ClN4O. The maximum atomic E-state index is 6.44. The fourth-order valence-electron chi connectivity index (χ4n) is 3.36. The number of fused-ring (bicyclic) bond motifs is 1. The van der Waals surface area contributed by atoms with Crippen LogP contribution in [0.3, 0.4) is 0 Å². The lowest BCUT2D eigenvalue weighted by Gasteiger charge is -2.40. The van der Waals surface area contributed by atoms with E-state index in [0.29, 0.717) is 12.5 Å². The fraction of sp³-hybridized carbons (Fsp3) is 0.550. The van der Waals surface area contributed by atoms with Crippen LogP contribution in [-0.2, 0) is 10.5 Å². The van der Waals surface area contributed by atoms with E-state index in [1.54, 1.807) is 0 Å². The zero-order valence-electron chi connectivity index (χ0n) is 16.2. The fourth-order valence-corrected chi connectivity index (χ4v) is 3.49. The molecule has 0 saturated carbocycles. The van der Waals surface area contributed by atoms with Gasteiger partial charge in [-0.2, -0.15) is 0 Å². The predicted molar refractivity (Wildman–Crippen MR) is 107 cm³/mol. The second-order valence-corrected chi connectivity index (χ2v) is 8.06. The van der Waals surface area contributed by atoms with Crippen molar-refractivity contribution in [3.63, 3.8) is 0 Å². The largest absolute Gasteiger partial charge is 0.351 e. The van der Waals surface area contributed by atoms with Crippen LogP contribution in [0.2, 0.25) is 5.02 Å². The Balaban J connectivity index is 1.87. The van der Waals surface area contributed by atoms with Crippen LogP contribution >= 0.6 is 11.6 Å². The topological polar surface area (TPSA) is 31.3 Å². The van der Waals surface area contributed by atoms with Crippen LogP contribution in [0, 0.1) is 5.92 Å². The molecule has 2 atom stereocenters. The third kappa shape index (κ3) is 4.22. The van der Waals surface area contributed by atoms with E-state index in [-0.39, 0.29) is 0 Å². The Morgan fingerprint density at radius 3 is 2.73 bits per heavy atom. The Morgan fingerprint density at radius 2 is 2.04 bits per heavy atom. The van der Waals surface area contributed by atoms with Gasteiger partial charge in [0, 0.05) is 42.6 Å². The van der Waals surface area contributed by atoms with Gasteiger partial charge >= 0.3 is 0 Å². The van der Waals surface area contributed by atoms with E-state index >= 15 is 0 Å². The molecular weight excluding hydrogens is 348 g/mol. The number of halogens is 1. The normalized spacial score (nSPS) is 22.2. The SMILES string of the molecule is CC1CN=CC2=CN(C(C)(OCCN(C)C)c3ccc(Cl)cc3)CN2C1. The summed E-state index contributed by atoms with van der Waals surface area (Å²) < 4.78 is 6.44. The summed E-state index contributed by atoms with van der Waals surface area (Å²) in [6.07, 6.45) is 4.16. The molecule has 142 valence electrons. The molecule has 1 aromatic rings. The Morgan fingerprint density at radius 1 is 1.31 bits per heavy atom. The minimum Gasteiger partial charge on any atom is -0.351 e. The van der Waals surface area contributed by atoms with Crippen molar-refractivity contribution in [2.75, 3.05) is 47.0 Å². The van der Waals surface area contributed by atoms with Gasteiger partial charge in [0.25, 0.3) is 0 Å². The minimum absolute atomic E-state index is 0.550. The number of aliphatic imine (C=N–C) groups is 1. The van der Waals surface area contributed by atoms with Gasteiger partial charge < -0.3 is 19.4 Å². The van der Waals surface area contributed by atoms with Crippen molar-refractivity contribution < 1.29 is 4.74 Å². The summed E-state index contributed by atoms with van der Waals surface area (Å²) >= 11 is 6.10. The van der Waals surface area contributed by atoms with Crippen LogP contribution in [0.4, 0.5) is 0 Å². The van der Waals surface area contributed by atoms with Crippen LogP contribution in [0.25, 0.3) is 0 Å². The summed E-state index contributed by atoms with van der Waals surface area (Å²) in [5.41, 5.74) is 1.70. The molecule has 0 spiro atoms. The molecule has 6 heteroatoms. The number of ether oxygens (including phenoxy) is 1. The zero-order valence-corrected chi connectivity index (χ0v) is 16.9. The number of hydrogen-bond donors (Lipinski definition) is 0. The van der Waals surface area contributed by atoms with Crippen LogP contribution in [0.15, 0.2) is 41.2 Å². The Hall–Kier alpha value is -1.56. The molecule has 1 aromatic carbocycles. The Labute approximate surface area is 161 Å². The van der Waals surface area contributed by atoms with Gasteiger partial charge in [0.1, 0.15) is 0 Å². The first-order chi connectivity index (χ1) is 12.4. The van der Waals surface area contributed by atoms with E-state index in [0.717, 1.165) is 42.6 Å². The maximum absolute atomic E-state index is 6.44. The van der Waals surface area contributed by atoms with Gasteiger partial charge in [-0.3, -0.25) is 4.99 Å². The molecule has 3 rings (SSSR count). The number of hydrogen-bond acceptors (Lipinski definition) is 5. The number of rotatable bonds is 6. The summed E-state index contributed by atoms with van der Waals surface area (Å²) in [6, 6.07) is 7.96. The van der Waals surface area contributed by atoms with E-state index in [2.05, 4.69) is 66.0 Å². The van der Waals surface area contributed by atoms with Crippen molar-refractivity contribution in [3.05, 3.63) is 46.7 Å². The summed E-state index contributed by atoms with van der Waals surface area (Å²) in [5, 5.41) is 0.735. The molecule has 2 aliphatic rings. The highest BCUT2D eigenvalue weighted by Crippen LogP contribution is 2.35. The molecule has 0 bridgehead atoms. The zero-order chi connectivity index (χ0) is 18.7. The van der Waals surface area contributed by atoms with E-state index in [4.69, 9.17) is 16.3 Å². The van der Waals surface area contributed by atoms with Crippen molar-refractivity contribution in [1.82, 2.24) is 14.7 Å². The molecule has 0 aromatic heterocycles. The molecule has 5 nitrogen and oxygen atoms in total. The molecule has 0 N–H and O–H groups in total. The van der Waals surface area contributed by atoms with Gasteiger partial charge in [-0.05, 0) is 39.1 Å². The highest BCUT2D eigenvalue weighted by atomic mass is 35.5. The van der Waals surface area contributed by atoms with Gasteiger partial charge in [-0.25, -0.2) is 0 Å². The summed E-state index contributed by atoms with van der Waals surface area (Å²) in [6.45, 7) is 8.60. The Bertz CT molecular complexity index is 673. The second-order valence-electron chi connectivity index (χ2n) is 7.63. The lowest BCUT2D eigenvalue weighted by Crippen LogP contribution is -2.45. The molecule has 2 heterocycles. The van der Waals surface area contributed by atoms with Gasteiger partial charge in [0.05, 0.1) is 19.0 Å². The third-order valence-electron chi connectivity index (χ3n) is 5.00. The number of benzene rings is 1. The van der Waals surface area contributed by atoms with Gasteiger partial charge in [-0.15, -0.1) is 0 Å². The highest BCUT2D eigenvalue weighted by molar-refractivity contribution is 6.30. The van der Waals surface area contributed by atoms with Crippen LogP contribution < -0.4 is 0 Å². The lowest BCUT2D eigenvalue weighted by molar-refractivity contribution is -0.138. The number of allylic oxidation sites excluding steroid dienone is 1. The number of likely N-dealkylation sites (N-methyl/N-ethyl adjacent to an activating group) is 1. The van der Waals surface area contributed by atoms with Crippen molar-refractivity contribution in [2.24, 2.45) is 10.9 Å². The molecule has 0 fully saturated rings. The first-order valence-corrected chi connectivity index (χ1v) is 9.54. The van der Waals surface area contributed by atoms with E-state index < -0.39 is 5.72 Å². The maximum Gasteiger partial charge on any atom is 0.165 e. The standard InChI is InChI=1S/C20H29ClN4O/c1-16-11-22-12-19-14-25(15-24(19)13-16)20(2,26-10-9-23(3)4)17-5-7-18(21)8-6-17/h5-8,12,14,16H,9-11,13,15H2,1-4H3. The first-order valence-electron chi connectivity index (χ1n) is 9.16. The predicted octanol–water partition coefficient (Wildman–Crippen LogP) is 3.23. The van der Waals surface area contributed by atoms with Gasteiger partial charge in [-0.1, -0.05) is 30.7 Å². The molecule has 0 amide bonds. The molecule has 0 saturated heterocycles. The first kappa shape index (κ1) is 19.2. The van der Waals surface area contributed by atoms with Crippen LogP contribution in [0.1, 0.15) is 19.4 Å². The van der Waals surface area contributed by atoms with Crippen molar-refractivity contribution in [3.8, 4) is 0 Å². The average molecular weight is 377 g/mol. The summed E-state index contributed by atoms with van der Waals surface area (Å²) in [5.74, 6) is 0.550. The minimum atomic E-state index is -0.559. The highest BCUT2D eigenvalue weighted by Gasteiger charge is 2.38. The molecule has 2 unspecified atom stereocenters. The van der Waals surface area contributed by atoms with Crippen molar-refractivity contribution >= 4 is 17.8 Å². The van der Waals surface area contributed by atoms with Gasteiger partial charge in [0.2, 0.25) is 0 Å². The van der Waals surface area contributed by atoms with Crippen LogP contribution in [-0.4, -0.2) is 67.9 Å². The second kappa shape index (κ2) is 7.99. The van der Waals surface area contributed by atoms with Gasteiger partial charge in [0.15, 0.2) is 5.72 Å². The van der Waals surface area contributed by atoms with E-state index in [1.807, 2.05) is 18.3 Å². The van der Waals surface area contributed by atoms with E-state index in [1.165, 1.54) is 0 Å². The monoisotopic (exact) mass is 376 g/mol. The Kier molecular flexibility index (Phi) is 5.90. The summed E-state index contributed by atoms with van der Waals surface area (Å²) in [7, 11) is 4.12. The molecule has 26 heavy (non-hydrogen) atoms. The van der Waals surface area contributed by atoms with Crippen LogP contribution in [0.5, 0.6) is 0 Å². The number of nitrogens with zero attached hydrogens (tertiary/aromatic N) is 4. The molecule has 2 aliphatic heterocycles. The molecule has 0 aliphatic carbocycles. The average Bonchev–Trinajstić information content (AvgIpc) is 2.90. The lowest BCUT2D eigenvalue weighted by atomic mass is 10.0. The van der Waals surface area contributed by atoms with Crippen molar-refractivity contribution in [1.29, 1.82) is 0 Å². The quantitative estimate of drug-likeness (QED) is 0.762. The van der Waals surface area contributed by atoms with Crippen molar-refractivity contribution in [2.45, 2.75) is 19.6 Å². The molecule has 0 radical (unpaired) electrons. The van der Waals surface area contributed by atoms with E-state index in [9.17, 15) is 0 Å².